The largest absolute Gasteiger partial charge is 0.337 e. The van der Waals surface area contributed by atoms with Crippen LogP contribution >= 0.6 is 0 Å². The van der Waals surface area contributed by atoms with Gasteiger partial charge in [-0.05, 0) is 84.0 Å². The molecule has 40 heavy (non-hydrogen) atoms. The summed E-state index contributed by atoms with van der Waals surface area (Å²) in [6.45, 7) is 2.15. The fourth-order valence-corrected chi connectivity index (χ4v) is 6.29. The Kier molecular flexibility index (Phi) is 7.82. The lowest BCUT2D eigenvalue weighted by Gasteiger charge is -2.26. The van der Waals surface area contributed by atoms with Gasteiger partial charge in [0.1, 0.15) is 17.5 Å². The van der Waals surface area contributed by atoms with E-state index in [2.05, 4.69) is 9.71 Å². The summed E-state index contributed by atoms with van der Waals surface area (Å²) < 4.78 is 57.4. The van der Waals surface area contributed by atoms with Crippen molar-refractivity contribution < 1.29 is 22.0 Å². The number of hydrogen-bond acceptors (Lipinski definition) is 4. The summed E-state index contributed by atoms with van der Waals surface area (Å²) in [5.74, 6) is -0.442. The second kappa shape index (κ2) is 11.3. The van der Waals surface area contributed by atoms with E-state index >= 15 is 0 Å². The smallest absolute Gasteiger partial charge is 0.241 e. The standard InChI is InChI=1S/C30H30F2N4O3S/c1-20(21-3-7-23(31)8-4-21)17-30(37)36(19-29-33-15-16-35(29)2)25-11-5-22-6-14-28(27(22)18-25)34-40(38,39)26-12-9-24(32)10-13-26/h3-5,7-13,15-16,18,20,28,34H,6,14,17,19H2,1-2H3/t20-,28+/m0/s1. The van der Waals surface area contributed by atoms with Crippen LogP contribution in [0.15, 0.2) is 84.0 Å². The summed E-state index contributed by atoms with van der Waals surface area (Å²) in [6.07, 6.45) is 4.91. The molecule has 0 unspecified atom stereocenters. The Morgan fingerprint density at radius 1 is 1.07 bits per heavy atom. The SMILES string of the molecule is C[C@@H](CC(=O)N(Cc1nccn1C)c1ccc2c(c1)[C@H](NS(=O)(=O)c1ccc(F)cc1)CC2)c1ccc(F)cc1. The predicted molar refractivity (Wildman–Crippen MR) is 148 cm³/mol. The predicted octanol–water partition coefficient (Wildman–Crippen LogP) is 5.39. The Labute approximate surface area is 232 Å². The van der Waals surface area contributed by atoms with Crippen molar-refractivity contribution in [2.45, 2.75) is 49.6 Å². The second-order valence-electron chi connectivity index (χ2n) is 10.1. The molecule has 0 spiro atoms. The lowest BCUT2D eigenvalue weighted by atomic mass is 9.97. The normalized spacial score (nSPS) is 15.6. The lowest BCUT2D eigenvalue weighted by Crippen LogP contribution is -2.32. The molecule has 7 nitrogen and oxygen atoms in total. The fraction of sp³-hybridized carbons (Fsp3) is 0.267. The molecule has 0 bridgehead atoms. The molecule has 0 fully saturated rings. The van der Waals surface area contributed by atoms with Gasteiger partial charge >= 0.3 is 0 Å². The van der Waals surface area contributed by atoms with Crippen LogP contribution in [0.5, 0.6) is 0 Å². The van der Waals surface area contributed by atoms with Gasteiger partial charge in [-0.2, -0.15) is 0 Å². The molecule has 4 aromatic rings. The number of imidazole rings is 1. The van der Waals surface area contributed by atoms with Gasteiger partial charge < -0.3 is 9.47 Å². The van der Waals surface area contributed by atoms with Crippen molar-refractivity contribution in [1.29, 1.82) is 0 Å². The van der Waals surface area contributed by atoms with E-state index in [0.717, 1.165) is 28.8 Å². The minimum absolute atomic E-state index is 0.0140. The van der Waals surface area contributed by atoms with Gasteiger partial charge in [0.2, 0.25) is 15.9 Å². The highest BCUT2D eigenvalue weighted by atomic mass is 32.2. The van der Waals surface area contributed by atoms with Crippen LogP contribution in [-0.2, 0) is 34.8 Å². The number of aryl methyl sites for hydroxylation is 2. The molecule has 10 heteroatoms. The Balaban J connectivity index is 1.43. The molecule has 5 rings (SSSR count). The van der Waals surface area contributed by atoms with E-state index in [1.165, 1.54) is 24.3 Å². The zero-order valence-electron chi connectivity index (χ0n) is 22.2. The first-order chi connectivity index (χ1) is 19.1. The number of carbonyl (C=O) groups is 1. The molecule has 3 aromatic carbocycles. The van der Waals surface area contributed by atoms with Gasteiger partial charge in [0.25, 0.3) is 0 Å². The fourth-order valence-electron chi connectivity index (χ4n) is 5.04. The highest BCUT2D eigenvalue weighted by Gasteiger charge is 2.29. The maximum absolute atomic E-state index is 13.7. The van der Waals surface area contributed by atoms with Gasteiger partial charge in [-0.25, -0.2) is 26.9 Å². The number of halogens is 2. The van der Waals surface area contributed by atoms with E-state index in [9.17, 15) is 22.0 Å². The van der Waals surface area contributed by atoms with Crippen LogP contribution in [0.1, 0.15) is 54.2 Å². The first kappa shape index (κ1) is 27.7. The van der Waals surface area contributed by atoms with E-state index in [0.29, 0.717) is 24.4 Å². The highest BCUT2D eigenvalue weighted by Crippen LogP contribution is 2.36. The monoisotopic (exact) mass is 564 g/mol. The summed E-state index contributed by atoms with van der Waals surface area (Å²) in [5, 5.41) is 0. The van der Waals surface area contributed by atoms with Gasteiger partial charge in [-0.1, -0.05) is 25.1 Å². The topological polar surface area (TPSA) is 84.3 Å². The molecule has 1 amide bonds. The third-order valence-corrected chi connectivity index (χ3v) is 8.87. The third-order valence-electron chi connectivity index (χ3n) is 7.38. The number of nitrogens with one attached hydrogen (secondary N) is 1. The van der Waals surface area contributed by atoms with E-state index in [4.69, 9.17) is 0 Å². The number of anilines is 1. The van der Waals surface area contributed by atoms with Crippen LogP contribution in [0.3, 0.4) is 0 Å². The Bertz CT molecular complexity index is 1620. The van der Waals surface area contributed by atoms with Crippen LogP contribution in [0.25, 0.3) is 0 Å². The number of rotatable bonds is 9. The van der Waals surface area contributed by atoms with Gasteiger partial charge in [0.15, 0.2) is 0 Å². The van der Waals surface area contributed by atoms with Gasteiger partial charge in [0, 0.05) is 37.6 Å². The third kappa shape index (κ3) is 5.97. The quantitative estimate of drug-likeness (QED) is 0.296. The molecule has 0 saturated heterocycles. The zero-order valence-corrected chi connectivity index (χ0v) is 23.0. The molecule has 1 aliphatic carbocycles. The van der Waals surface area contributed by atoms with Crippen LogP contribution in [0, 0.1) is 11.6 Å². The van der Waals surface area contributed by atoms with E-state index in [-0.39, 0.29) is 35.5 Å². The average molecular weight is 565 g/mol. The Morgan fingerprint density at radius 3 is 2.40 bits per heavy atom. The first-order valence-electron chi connectivity index (χ1n) is 13.0. The molecule has 1 N–H and O–H groups in total. The molecule has 2 atom stereocenters. The minimum atomic E-state index is -3.89. The van der Waals surface area contributed by atoms with Gasteiger partial charge in [0.05, 0.1) is 11.4 Å². The molecular weight excluding hydrogens is 534 g/mol. The average Bonchev–Trinajstić information content (AvgIpc) is 3.52. The van der Waals surface area contributed by atoms with Crippen molar-refractivity contribution in [3.05, 3.63) is 113 Å². The number of fused-ring (bicyclic) bond motifs is 1. The number of carbonyl (C=O) groups excluding carboxylic acids is 1. The molecule has 0 saturated carbocycles. The van der Waals surface area contributed by atoms with Crippen LogP contribution in [0.4, 0.5) is 14.5 Å². The molecular formula is C30H30F2N4O3S. The van der Waals surface area contributed by atoms with Crippen LogP contribution < -0.4 is 9.62 Å². The summed E-state index contributed by atoms with van der Waals surface area (Å²) in [5.41, 5.74) is 3.29. The molecule has 1 aromatic heterocycles. The van der Waals surface area contributed by atoms with Crippen molar-refractivity contribution in [3.8, 4) is 0 Å². The van der Waals surface area contributed by atoms with E-state index in [1.807, 2.05) is 42.9 Å². The number of amides is 1. The van der Waals surface area contributed by atoms with Gasteiger partial charge in [-0.15, -0.1) is 0 Å². The van der Waals surface area contributed by atoms with Gasteiger partial charge in [-0.3, -0.25) is 4.79 Å². The summed E-state index contributed by atoms with van der Waals surface area (Å²) in [6, 6.07) is 16.0. The number of hydrogen-bond donors (Lipinski definition) is 1. The second-order valence-corrected chi connectivity index (χ2v) is 11.9. The number of aromatic nitrogens is 2. The summed E-state index contributed by atoms with van der Waals surface area (Å²) in [7, 11) is -2.03. The maximum atomic E-state index is 13.7. The van der Waals surface area contributed by atoms with Crippen LogP contribution in [0.2, 0.25) is 0 Å². The van der Waals surface area contributed by atoms with Crippen molar-refractivity contribution in [2.75, 3.05) is 4.90 Å². The first-order valence-corrected chi connectivity index (χ1v) is 14.5. The number of nitrogens with zero attached hydrogens (tertiary/aromatic N) is 3. The molecule has 208 valence electrons. The number of benzene rings is 3. The molecule has 0 radical (unpaired) electrons. The van der Waals surface area contributed by atoms with Crippen molar-refractivity contribution >= 4 is 21.6 Å². The van der Waals surface area contributed by atoms with Crippen molar-refractivity contribution in [2.24, 2.45) is 7.05 Å². The van der Waals surface area contributed by atoms with Crippen LogP contribution in [-0.4, -0.2) is 23.9 Å². The maximum Gasteiger partial charge on any atom is 0.241 e. The summed E-state index contributed by atoms with van der Waals surface area (Å²) in [4.78, 5) is 19.8. The van der Waals surface area contributed by atoms with E-state index < -0.39 is 21.9 Å². The Hall–Kier alpha value is -3.89. The molecule has 1 aliphatic rings. The molecule has 0 aliphatic heterocycles. The highest BCUT2D eigenvalue weighted by molar-refractivity contribution is 7.89. The zero-order chi connectivity index (χ0) is 28.4. The molecule has 1 heterocycles. The summed E-state index contributed by atoms with van der Waals surface area (Å²) >= 11 is 0. The number of sulfonamides is 1. The van der Waals surface area contributed by atoms with Crippen molar-refractivity contribution in [3.63, 3.8) is 0 Å². The van der Waals surface area contributed by atoms with E-state index in [1.54, 1.807) is 23.2 Å². The minimum Gasteiger partial charge on any atom is -0.337 e. The lowest BCUT2D eigenvalue weighted by molar-refractivity contribution is -0.119. The van der Waals surface area contributed by atoms with Crippen molar-refractivity contribution in [1.82, 2.24) is 14.3 Å². The Morgan fingerprint density at radius 2 is 1.75 bits per heavy atom.